The molecule has 1 fully saturated rings. The molecule has 1 saturated carbocycles. The zero-order chi connectivity index (χ0) is 13.0. The van der Waals surface area contributed by atoms with Gasteiger partial charge < -0.3 is 5.32 Å². The van der Waals surface area contributed by atoms with Crippen molar-refractivity contribution < 1.29 is 0 Å². The van der Waals surface area contributed by atoms with Gasteiger partial charge in [0, 0.05) is 12.7 Å². The number of pyridine rings is 1. The first kappa shape index (κ1) is 13.4. The van der Waals surface area contributed by atoms with Crippen LogP contribution in [0, 0.1) is 18.3 Å². The minimum Gasteiger partial charge on any atom is -0.370 e. The minimum atomic E-state index is 0.515. The van der Waals surface area contributed by atoms with Crippen molar-refractivity contribution in [2.75, 3.05) is 11.9 Å². The van der Waals surface area contributed by atoms with E-state index in [9.17, 15) is 0 Å². The van der Waals surface area contributed by atoms with E-state index < -0.39 is 0 Å². The Labute approximate surface area is 111 Å². The van der Waals surface area contributed by atoms with Crippen LogP contribution >= 0.6 is 0 Å². The second-order valence-electron chi connectivity index (χ2n) is 6.38. The molecule has 1 N–H and O–H groups in total. The van der Waals surface area contributed by atoms with Gasteiger partial charge in [0.1, 0.15) is 5.82 Å². The summed E-state index contributed by atoms with van der Waals surface area (Å²) in [4.78, 5) is 4.44. The third-order valence-corrected chi connectivity index (χ3v) is 4.06. The first-order valence-corrected chi connectivity index (χ1v) is 7.26. The topological polar surface area (TPSA) is 24.9 Å². The van der Waals surface area contributed by atoms with E-state index in [1.165, 1.54) is 37.7 Å². The molecule has 0 amide bonds. The summed E-state index contributed by atoms with van der Waals surface area (Å²) in [7, 11) is 0. The van der Waals surface area contributed by atoms with Gasteiger partial charge in [-0.25, -0.2) is 4.98 Å². The van der Waals surface area contributed by atoms with Crippen molar-refractivity contribution in [1.29, 1.82) is 0 Å². The smallest absolute Gasteiger partial charge is 0.125 e. The summed E-state index contributed by atoms with van der Waals surface area (Å²) in [5.74, 6) is 1.81. The lowest BCUT2D eigenvalue weighted by Gasteiger charge is -2.31. The number of hydrogen-bond donors (Lipinski definition) is 1. The predicted molar refractivity (Wildman–Crippen MR) is 77.8 cm³/mol. The number of aromatic nitrogens is 1. The second-order valence-corrected chi connectivity index (χ2v) is 6.38. The number of rotatable bonds is 5. The van der Waals surface area contributed by atoms with Crippen molar-refractivity contribution in [3.63, 3.8) is 0 Å². The van der Waals surface area contributed by atoms with E-state index in [1.54, 1.807) is 0 Å². The maximum absolute atomic E-state index is 4.44. The Hall–Kier alpha value is -1.05. The Kier molecular flexibility index (Phi) is 4.26. The minimum absolute atomic E-state index is 0.515. The molecule has 1 aromatic rings. The zero-order valence-corrected chi connectivity index (χ0v) is 12.0. The molecule has 0 aliphatic heterocycles. The Morgan fingerprint density at radius 1 is 1.28 bits per heavy atom. The highest BCUT2D eigenvalue weighted by atomic mass is 15.0. The maximum Gasteiger partial charge on any atom is 0.125 e. The van der Waals surface area contributed by atoms with Gasteiger partial charge in [-0.15, -0.1) is 0 Å². The standard InChI is InChI=1S/C16H26N2/c1-13(2)10-16(8-4-5-9-16)12-18-15-7-6-14(3)11-17-15/h6-7,11,13H,4-5,8-10,12H2,1-3H3,(H,17,18). The van der Waals surface area contributed by atoms with Gasteiger partial charge in [-0.3, -0.25) is 0 Å². The summed E-state index contributed by atoms with van der Waals surface area (Å²) in [5.41, 5.74) is 1.74. The molecule has 0 atom stereocenters. The zero-order valence-electron chi connectivity index (χ0n) is 12.0. The summed E-state index contributed by atoms with van der Waals surface area (Å²) in [6.45, 7) is 7.84. The fourth-order valence-corrected chi connectivity index (χ4v) is 3.29. The monoisotopic (exact) mass is 246 g/mol. The van der Waals surface area contributed by atoms with Crippen molar-refractivity contribution in [3.8, 4) is 0 Å². The molecule has 0 bridgehead atoms. The van der Waals surface area contributed by atoms with Crippen molar-refractivity contribution in [2.24, 2.45) is 11.3 Å². The van der Waals surface area contributed by atoms with E-state index in [-0.39, 0.29) is 0 Å². The van der Waals surface area contributed by atoms with Crippen LogP contribution in [0.25, 0.3) is 0 Å². The number of aryl methyl sites for hydroxylation is 1. The first-order valence-electron chi connectivity index (χ1n) is 7.26. The number of anilines is 1. The predicted octanol–water partition coefficient (Wildman–Crippen LogP) is 4.41. The normalized spacial score (nSPS) is 18.2. The van der Waals surface area contributed by atoms with E-state index in [0.29, 0.717) is 5.41 Å². The van der Waals surface area contributed by atoms with Crippen molar-refractivity contribution in [1.82, 2.24) is 4.98 Å². The van der Waals surface area contributed by atoms with E-state index in [2.05, 4.69) is 43.2 Å². The van der Waals surface area contributed by atoms with E-state index >= 15 is 0 Å². The summed E-state index contributed by atoms with van der Waals surface area (Å²) in [6, 6.07) is 4.21. The summed E-state index contributed by atoms with van der Waals surface area (Å²) in [6.07, 6.45) is 8.83. The first-order chi connectivity index (χ1) is 8.60. The second kappa shape index (κ2) is 5.73. The fraction of sp³-hybridized carbons (Fsp3) is 0.688. The molecule has 0 aromatic carbocycles. The molecule has 2 rings (SSSR count). The Bertz CT molecular complexity index is 361. The molecule has 1 aromatic heterocycles. The van der Waals surface area contributed by atoms with Crippen LogP contribution in [0.1, 0.15) is 51.5 Å². The van der Waals surface area contributed by atoms with Crippen molar-refractivity contribution in [2.45, 2.75) is 52.9 Å². The molecule has 1 aliphatic carbocycles. The molecular weight excluding hydrogens is 220 g/mol. The number of hydrogen-bond acceptors (Lipinski definition) is 2. The Morgan fingerprint density at radius 2 is 2.00 bits per heavy atom. The average Bonchev–Trinajstić information content (AvgIpc) is 2.76. The molecule has 0 radical (unpaired) electrons. The number of nitrogens with one attached hydrogen (secondary N) is 1. The van der Waals surface area contributed by atoms with Crippen LogP contribution in [-0.2, 0) is 0 Å². The summed E-state index contributed by atoms with van der Waals surface area (Å²) in [5, 5.41) is 3.55. The van der Waals surface area contributed by atoms with Gasteiger partial charge in [-0.2, -0.15) is 0 Å². The lowest BCUT2D eigenvalue weighted by atomic mass is 9.78. The maximum atomic E-state index is 4.44. The van der Waals surface area contributed by atoms with Gasteiger partial charge >= 0.3 is 0 Å². The number of nitrogens with zero attached hydrogens (tertiary/aromatic N) is 1. The highest BCUT2D eigenvalue weighted by Gasteiger charge is 2.34. The van der Waals surface area contributed by atoms with E-state index in [0.717, 1.165) is 18.3 Å². The molecule has 2 heteroatoms. The molecule has 0 spiro atoms. The highest BCUT2D eigenvalue weighted by Crippen LogP contribution is 2.43. The third kappa shape index (κ3) is 3.47. The molecule has 18 heavy (non-hydrogen) atoms. The van der Waals surface area contributed by atoms with Gasteiger partial charge in [-0.05, 0) is 49.1 Å². The molecule has 0 unspecified atom stereocenters. The van der Waals surface area contributed by atoms with Crippen LogP contribution in [-0.4, -0.2) is 11.5 Å². The lowest BCUT2D eigenvalue weighted by Crippen LogP contribution is -2.28. The molecule has 1 heterocycles. The van der Waals surface area contributed by atoms with E-state index in [4.69, 9.17) is 0 Å². The summed E-state index contributed by atoms with van der Waals surface area (Å²) >= 11 is 0. The largest absolute Gasteiger partial charge is 0.370 e. The highest BCUT2D eigenvalue weighted by molar-refractivity contribution is 5.35. The Balaban J connectivity index is 1.95. The van der Waals surface area contributed by atoms with Gasteiger partial charge in [0.05, 0.1) is 0 Å². The average molecular weight is 246 g/mol. The van der Waals surface area contributed by atoms with Gasteiger partial charge in [0.25, 0.3) is 0 Å². The van der Waals surface area contributed by atoms with Gasteiger partial charge in [0.2, 0.25) is 0 Å². The SMILES string of the molecule is Cc1ccc(NCC2(CC(C)C)CCCC2)nc1. The van der Waals surface area contributed by atoms with Crippen LogP contribution in [0.3, 0.4) is 0 Å². The molecule has 100 valence electrons. The summed E-state index contributed by atoms with van der Waals surface area (Å²) < 4.78 is 0. The van der Waals surface area contributed by atoms with Crippen LogP contribution in [0.15, 0.2) is 18.3 Å². The lowest BCUT2D eigenvalue weighted by molar-refractivity contribution is 0.252. The Morgan fingerprint density at radius 3 is 2.56 bits per heavy atom. The van der Waals surface area contributed by atoms with Crippen molar-refractivity contribution in [3.05, 3.63) is 23.9 Å². The van der Waals surface area contributed by atoms with Crippen LogP contribution in [0.4, 0.5) is 5.82 Å². The fourth-order valence-electron chi connectivity index (χ4n) is 3.29. The third-order valence-electron chi connectivity index (χ3n) is 4.06. The molecule has 2 nitrogen and oxygen atoms in total. The van der Waals surface area contributed by atoms with E-state index in [1.807, 2.05) is 6.20 Å². The molecular formula is C16H26N2. The van der Waals surface area contributed by atoms with Crippen molar-refractivity contribution >= 4 is 5.82 Å². The van der Waals surface area contributed by atoms with Gasteiger partial charge in [0.15, 0.2) is 0 Å². The molecule has 0 saturated heterocycles. The molecule has 1 aliphatic rings. The quantitative estimate of drug-likeness (QED) is 0.832. The van der Waals surface area contributed by atoms with Crippen LogP contribution < -0.4 is 5.32 Å². The van der Waals surface area contributed by atoms with Gasteiger partial charge in [-0.1, -0.05) is 32.8 Å². The van der Waals surface area contributed by atoms with Crippen LogP contribution in [0.5, 0.6) is 0 Å². The van der Waals surface area contributed by atoms with Crippen LogP contribution in [0.2, 0.25) is 0 Å².